The topological polar surface area (TPSA) is 71.1 Å². The van der Waals surface area contributed by atoms with Crippen LogP contribution in [0.3, 0.4) is 0 Å². The van der Waals surface area contributed by atoms with Crippen molar-refractivity contribution in [3.63, 3.8) is 0 Å². The summed E-state index contributed by atoms with van der Waals surface area (Å²) in [6, 6.07) is -0.865. The summed E-state index contributed by atoms with van der Waals surface area (Å²) in [6.45, 7) is 4.36. The van der Waals surface area contributed by atoms with Crippen LogP contribution in [0.25, 0.3) is 0 Å². The van der Waals surface area contributed by atoms with Crippen LogP contribution >= 0.6 is 0 Å². The number of aromatic nitrogens is 3. The first-order valence-corrected chi connectivity index (χ1v) is 5.91. The number of hydrogen-bond acceptors (Lipinski definition) is 4. The fourth-order valence-corrected chi connectivity index (χ4v) is 1.94. The molecule has 2 rings (SSSR count). The van der Waals surface area contributed by atoms with E-state index in [0.717, 1.165) is 4.90 Å². The van der Waals surface area contributed by atoms with Crippen molar-refractivity contribution in [3.8, 4) is 0 Å². The standard InChI is InChI=1S/C11H16F2N4O2/c1-10(2,3)19-9(18)17-5-11(12,13)4-7(17)8-14-6-15-16-8/h6-7H,4-5H2,1-3H3,(H,14,15,16)/t7-/m0/s1. The van der Waals surface area contributed by atoms with E-state index < -0.39 is 36.6 Å². The molecule has 0 aliphatic carbocycles. The molecule has 6 nitrogen and oxygen atoms in total. The highest BCUT2D eigenvalue weighted by Gasteiger charge is 2.50. The minimum Gasteiger partial charge on any atom is -0.444 e. The van der Waals surface area contributed by atoms with Gasteiger partial charge in [0, 0.05) is 6.42 Å². The molecule has 1 saturated heterocycles. The lowest BCUT2D eigenvalue weighted by atomic mass is 10.2. The Balaban J connectivity index is 2.19. The molecular formula is C11H16F2N4O2. The van der Waals surface area contributed by atoms with Gasteiger partial charge in [-0.3, -0.25) is 10.00 Å². The Kier molecular flexibility index (Phi) is 3.19. The number of carbonyl (C=O) groups is 1. The molecule has 0 radical (unpaired) electrons. The van der Waals surface area contributed by atoms with Crippen molar-refractivity contribution in [2.45, 2.75) is 44.8 Å². The van der Waals surface area contributed by atoms with Gasteiger partial charge < -0.3 is 4.74 Å². The maximum atomic E-state index is 13.5. The molecule has 0 spiro atoms. The number of nitrogens with one attached hydrogen (secondary N) is 1. The molecule has 1 aliphatic rings. The lowest BCUT2D eigenvalue weighted by Crippen LogP contribution is -2.38. The second-order valence-corrected chi connectivity index (χ2v) is 5.54. The minimum absolute atomic E-state index is 0.169. The van der Waals surface area contributed by atoms with Crippen LogP contribution in [0, 0.1) is 0 Å². The summed E-state index contributed by atoms with van der Waals surface area (Å²) in [5, 5.41) is 6.23. The van der Waals surface area contributed by atoms with Crippen molar-refractivity contribution in [1.29, 1.82) is 0 Å². The van der Waals surface area contributed by atoms with Crippen LogP contribution in [0.2, 0.25) is 0 Å². The van der Waals surface area contributed by atoms with Gasteiger partial charge in [-0.2, -0.15) is 5.10 Å². The second kappa shape index (κ2) is 4.43. The van der Waals surface area contributed by atoms with E-state index >= 15 is 0 Å². The SMILES string of the molecule is CC(C)(C)OC(=O)N1CC(F)(F)C[C@H]1c1nc[nH]n1. The number of ether oxygens (including phenoxy) is 1. The van der Waals surface area contributed by atoms with Crippen molar-refractivity contribution in [2.75, 3.05) is 6.54 Å². The Morgan fingerprint density at radius 3 is 2.79 bits per heavy atom. The quantitative estimate of drug-likeness (QED) is 0.851. The predicted molar refractivity (Wildman–Crippen MR) is 61.6 cm³/mol. The average molecular weight is 274 g/mol. The number of amides is 1. The first-order valence-electron chi connectivity index (χ1n) is 5.91. The number of hydrogen-bond donors (Lipinski definition) is 1. The van der Waals surface area contributed by atoms with E-state index in [1.165, 1.54) is 6.33 Å². The van der Waals surface area contributed by atoms with Crippen LogP contribution in [0.4, 0.5) is 13.6 Å². The smallest absolute Gasteiger partial charge is 0.411 e. The number of rotatable bonds is 1. The second-order valence-electron chi connectivity index (χ2n) is 5.54. The first kappa shape index (κ1) is 13.7. The van der Waals surface area contributed by atoms with Crippen molar-refractivity contribution in [1.82, 2.24) is 20.1 Å². The van der Waals surface area contributed by atoms with Gasteiger partial charge in [0.15, 0.2) is 5.82 Å². The van der Waals surface area contributed by atoms with Crippen molar-refractivity contribution >= 4 is 6.09 Å². The molecule has 1 N–H and O–H groups in total. The minimum atomic E-state index is -2.96. The zero-order chi connectivity index (χ0) is 14.3. The van der Waals surface area contributed by atoms with E-state index in [9.17, 15) is 13.6 Å². The van der Waals surface area contributed by atoms with Crippen molar-refractivity contribution in [2.24, 2.45) is 0 Å². The highest BCUT2D eigenvalue weighted by molar-refractivity contribution is 5.69. The van der Waals surface area contributed by atoms with Gasteiger partial charge >= 0.3 is 6.09 Å². The molecule has 1 aromatic rings. The number of likely N-dealkylation sites (tertiary alicyclic amines) is 1. The van der Waals surface area contributed by atoms with Crippen LogP contribution in [0.5, 0.6) is 0 Å². The summed E-state index contributed by atoms with van der Waals surface area (Å²) >= 11 is 0. The summed E-state index contributed by atoms with van der Waals surface area (Å²) in [5.41, 5.74) is -0.738. The van der Waals surface area contributed by atoms with Crippen LogP contribution < -0.4 is 0 Å². The molecule has 0 aromatic carbocycles. The third-order valence-electron chi connectivity index (χ3n) is 2.63. The number of aromatic amines is 1. The van der Waals surface area contributed by atoms with Crippen LogP contribution in [-0.2, 0) is 4.74 Å². The van der Waals surface area contributed by atoms with Gasteiger partial charge in [0.1, 0.15) is 18.0 Å². The number of carbonyl (C=O) groups excluding carboxylic acids is 1. The highest BCUT2D eigenvalue weighted by Crippen LogP contribution is 2.40. The first-order chi connectivity index (χ1) is 8.68. The molecule has 2 heterocycles. The summed E-state index contributed by atoms with van der Waals surface area (Å²) < 4.78 is 32.2. The van der Waals surface area contributed by atoms with Gasteiger partial charge in [-0.05, 0) is 20.8 Å². The van der Waals surface area contributed by atoms with Gasteiger partial charge in [0.2, 0.25) is 0 Å². The summed E-state index contributed by atoms with van der Waals surface area (Å²) in [4.78, 5) is 16.8. The van der Waals surface area contributed by atoms with Gasteiger partial charge in [0.25, 0.3) is 5.92 Å². The molecular weight excluding hydrogens is 258 g/mol. The molecule has 1 aliphatic heterocycles. The third-order valence-corrected chi connectivity index (χ3v) is 2.63. The number of H-pyrrole nitrogens is 1. The largest absolute Gasteiger partial charge is 0.444 e. The zero-order valence-corrected chi connectivity index (χ0v) is 11.0. The molecule has 1 amide bonds. The monoisotopic (exact) mass is 274 g/mol. The van der Waals surface area contributed by atoms with E-state index in [1.54, 1.807) is 20.8 Å². The molecule has 1 fully saturated rings. The maximum Gasteiger partial charge on any atom is 0.411 e. The Hall–Kier alpha value is -1.73. The van der Waals surface area contributed by atoms with Gasteiger partial charge in [-0.25, -0.2) is 18.6 Å². The Labute approximate surface area is 109 Å². The Bertz CT molecular complexity index is 456. The average Bonchev–Trinajstić information content (AvgIpc) is 2.81. The Morgan fingerprint density at radius 2 is 2.26 bits per heavy atom. The van der Waals surface area contributed by atoms with E-state index in [-0.39, 0.29) is 5.82 Å². The number of alkyl halides is 2. The van der Waals surface area contributed by atoms with Gasteiger partial charge in [-0.15, -0.1) is 0 Å². The molecule has 0 bridgehead atoms. The number of halogens is 2. The van der Waals surface area contributed by atoms with Gasteiger partial charge in [0.05, 0.1) is 6.54 Å². The summed E-state index contributed by atoms with van der Waals surface area (Å²) in [5.74, 6) is -2.79. The highest BCUT2D eigenvalue weighted by atomic mass is 19.3. The summed E-state index contributed by atoms with van der Waals surface area (Å²) in [6.07, 6.45) is 0.0165. The molecule has 0 unspecified atom stereocenters. The van der Waals surface area contributed by atoms with E-state index in [4.69, 9.17) is 4.74 Å². The van der Waals surface area contributed by atoms with E-state index in [1.807, 2.05) is 0 Å². The number of nitrogens with zero attached hydrogens (tertiary/aromatic N) is 3. The molecule has 19 heavy (non-hydrogen) atoms. The molecule has 1 atom stereocenters. The van der Waals surface area contributed by atoms with Crippen LogP contribution in [-0.4, -0.2) is 44.2 Å². The lowest BCUT2D eigenvalue weighted by molar-refractivity contribution is -0.00248. The maximum absolute atomic E-state index is 13.5. The molecule has 0 saturated carbocycles. The fraction of sp³-hybridized carbons (Fsp3) is 0.727. The van der Waals surface area contributed by atoms with Crippen molar-refractivity contribution in [3.05, 3.63) is 12.2 Å². The van der Waals surface area contributed by atoms with Gasteiger partial charge in [-0.1, -0.05) is 0 Å². The van der Waals surface area contributed by atoms with Crippen LogP contribution in [0.15, 0.2) is 6.33 Å². The van der Waals surface area contributed by atoms with Crippen molar-refractivity contribution < 1.29 is 18.3 Å². The lowest BCUT2D eigenvalue weighted by Gasteiger charge is -2.26. The molecule has 106 valence electrons. The predicted octanol–water partition coefficient (Wildman–Crippen LogP) is 2.12. The normalized spacial score (nSPS) is 22.6. The zero-order valence-electron chi connectivity index (χ0n) is 11.0. The molecule has 8 heteroatoms. The summed E-state index contributed by atoms with van der Waals surface area (Å²) in [7, 11) is 0. The van der Waals surface area contributed by atoms with E-state index in [2.05, 4.69) is 15.2 Å². The molecule has 1 aromatic heterocycles. The fourth-order valence-electron chi connectivity index (χ4n) is 1.94. The van der Waals surface area contributed by atoms with E-state index in [0.29, 0.717) is 0 Å². The van der Waals surface area contributed by atoms with Crippen LogP contribution in [0.1, 0.15) is 39.1 Å². The Morgan fingerprint density at radius 1 is 1.58 bits per heavy atom. The third kappa shape index (κ3) is 3.18.